The molecule has 174 valence electrons. The number of aromatic nitrogens is 4. The van der Waals surface area contributed by atoms with Crippen LogP contribution in [-0.4, -0.2) is 77.2 Å². The molecule has 0 saturated carbocycles. The number of hydrogen-bond acceptors (Lipinski definition) is 7. The first-order valence-corrected chi connectivity index (χ1v) is 11.3. The lowest BCUT2D eigenvalue weighted by atomic mass is 10.1. The molecule has 1 aliphatic rings. The van der Waals surface area contributed by atoms with Gasteiger partial charge in [0.2, 0.25) is 0 Å². The Balaban J connectivity index is 1.41. The first kappa shape index (κ1) is 22.6. The molecule has 0 unspecified atom stereocenters. The van der Waals surface area contributed by atoms with Crippen molar-refractivity contribution in [1.29, 1.82) is 0 Å². The van der Waals surface area contributed by atoms with E-state index < -0.39 is 0 Å². The average Bonchev–Trinajstić information content (AvgIpc) is 3.26. The zero-order valence-corrected chi connectivity index (χ0v) is 19.7. The van der Waals surface area contributed by atoms with Crippen LogP contribution in [0.5, 0.6) is 5.75 Å². The minimum atomic E-state index is -0.0123. The van der Waals surface area contributed by atoms with Gasteiger partial charge in [-0.15, -0.1) is 10.2 Å². The molecule has 1 aliphatic heterocycles. The van der Waals surface area contributed by atoms with Gasteiger partial charge >= 0.3 is 0 Å². The number of rotatable bonds is 7. The SMILES string of the molecule is CCN(CC)c1ccc(N2CCN(C(=O)c3cc(-c4cccc(OC)c4)nn3C)CC2)nn1. The van der Waals surface area contributed by atoms with Gasteiger partial charge in [-0.05, 0) is 44.2 Å². The van der Waals surface area contributed by atoms with Gasteiger partial charge in [0.05, 0.1) is 12.8 Å². The van der Waals surface area contributed by atoms with Crippen molar-refractivity contribution in [2.45, 2.75) is 13.8 Å². The van der Waals surface area contributed by atoms with Crippen LogP contribution >= 0.6 is 0 Å². The topological polar surface area (TPSA) is 79.6 Å². The molecule has 3 aromatic rings. The minimum absolute atomic E-state index is 0.0123. The zero-order chi connectivity index (χ0) is 23.4. The monoisotopic (exact) mass is 449 g/mol. The summed E-state index contributed by atoms with van der Waals surface area (Å²) in [6, 6.07) is 13.6. The number of nitrogens with zero attached hydrogens (tertiary/aromatic N) is 7. The van der Waals surface area contributed by atoms with Gasteiger partial charge in [-0.1, -0.05) is 12.1 Å². The van der Waals surface area contributed by atoms with Crippen molar-refractivity contribution in [1.82, 2.24) is 24.9 Å². The first-order valence-electron chi connectivity index (χ1n) is 11.3. The van der Waals surface area contributed by atoms with Crippen molar-refractivity contribution >= 4 is 17.5 Å². The number of benzene rings is 1. The van der Waals surface area contributed by atoms with Crippen molar-refractivity contribution in [3.63, 3.8) is 0 Å². The highest BCUT2D eigenvalue weighted by atomic mass is 16.5. The van der Waals surface area contributed by atoms with Crippen molar-refractivity contribution in [3.05, 3.63) is 48.2 Å². The van der Waals surface area contributed by atoms with Gasteiger partial charge in [0.1, 0.15) is 11.4 Å². The third-order valence-electron chi connectivity index (χ3n) is 6.08. The molecule has 0 aliphatic carbocycles. The summed E-state index contributed by atoms with van der Waals surface area (Å²) in [4.78, 5) is 19.4. The lowest BCUT2D eigenvalue weighted by Gasteiger charge is -2.35. The molecule has 1 fully saturated rings. The Labute approximate surface area is 194 Å². The summed E-state index contributed by atoms with van der Waals surface area (Å²) >= 11 is 0. The number of aryl methyl sites for hydroxylation is 1. The van der Waals surface area contributed by atoms with Crippen LogP contribution in [0.2, 0.25) is 0 Å². The lowest BCUT2D eigenvalue weighted by molar-refractivity contribution is 0.0735. The van der Waals surface area contributed by atoms with E-state index in [0.717, 1.165) is 41.7 Å². The van der Waals surface area contributed by atoms with Crippen LogP contribution in [0.25, 0.3) is 11.3 Å². The van der Waals surface area contributed by atoms with E-state index in [1.165, 1.54) is 0 Å². The standard InChI is InChI=1S/C24H31N7O2/c1-5-29(6-2)22-10-11-23(26-25-22)30-12-14-31(15-13-30)24(32)21-17-20(27-28(21)3)18-8-7-9-19(16-18)33-4/h7-11,16-17H,5-6,12-15H2,1-4H3. The van der Waals surface area contributed by atoms with Crippen LogP contribution in [-0.2, 0) is 7.05 Å². The van der Waals surface area contributed by atoms with E-state index in [0.29, 0.717) is 31.9 Å². The van der Waals surface area contributed by atoms with E-state index in [2.05, 4.69) is 38.9 Å². The summed E-state index contributed by atoms with van der Waals surface area (Å²) < 4.78 is 6.96. The van der Waals surface area contributed by atoms with Crippen molar-refractivity contribution < 1.29 is 9.53 Å². The van der Waals surface area contributed by atoms with E-state index in [-0.39, 0.29) is 5.91 Å². The predicted octanol–water partition coefficient (Wildman–Crippen LogP) is 2.69. The van der Waals surface area contributed by atoms with Gasteiger partial charge in [-0.3, -0.25) is 9.48 Å². The van der Waals surface area contributed by atoms with E-state index in [4.69, 9.17) is 4.74 Å². The predicted molar refractivity (Wildman–Crippen MR) is 129 cm³/mol. The summed E-state index contributed by atoms with van der Waals surface area (Å²) in [6.07, 6.45) is 0. The third kappa shape index (κ3) is 4.76. The quantitative estimate of drug-likeness (QED) is 0.549. The Hall–Kier alpha value is -3.62. The number of ether oxygens (including phenoxy) is 1. The molecule has 2 aromatic heterocycles. The molecule has 1 amide bonds. The molecule has 0 radical (unpaired) electrons. The van der Waals surface area contributed by atoms with Crippen molar-refractivity contribution in [3.8, 4) is 17.0 Å². The third-order valence-corrected chi connectivity index (χ3v) is 6.08. The minimum Gasteiger partial charge on any atom is -0.497 e. The number of carbonyl (C=O) groups excluding carboxylic acids is 1. The highest BCUT2D eigenvalue weighted by molar-refractivity contribution is 5.94. The molecule has 9 nitrogen and oxygen atoms in total. The fourth-order valence-corrected chi connectivity index (χ4v) is 4.09. The van der Waals surface area contributed by atoms with Crippen LogP contribution in [0.1, 0.15) is 24.3 Å². The van der Waals surface area contributed by atoms with Crippen LogP contribution in [0, 0.1) is 0 Å². The molecular formula is C24H31N7O2. The van der Waals surface area contributed by atoms with E-state index >= 15 is 0 Å². The summed E-state index contributed by atoms with van der Waals surface area (Å²) in [5.41, 5.74) is 2.24. The summed E-state index contributed by atoms with van der Waals surface area (Å²) in [6.45, 7) is 8.69. The Bertz CT molecular complexity index is 1080. The highest BCUT2D eigenvalue weighted by Gasteiger charge is 2.26. The smallest absolute Gasteiger partial charge is 0.272 e. The van der Waals surface area contributed by atoms with Crippen LogP contribution in [0.15, 0.2) is 42.5 Å². The number of piperazine rings is 1. The molecule has 33 heavy (non-hydrogen) atoms. The summed E-state index contributed by atoms with van der Waals surface area (Å²) in [7, 11) is 3.44. The fourth-order valence-electron chi connectivity index (χ4n) is 4.09. The molecule has 1 aromatic carbocycles. The van der Waals surface area contributed by atoms with Gasteiger partial charge in [0.25, 0.3) is 5.91 Å². The van der Waals surface area contributed by atoms with Crippen LogP contribution in [0.4, 0.5) is 11.6 Å². The fraction of sp³-hybridized carbons (Fsp3) is 0.417. The van der Waals surface area contributed by atoms with E-state index in [1.54, 1.807) is 18.8 Å². The second-order valence-electron chi connectivity index (χ2n) is 7.97. The molecule has 9 heteroatoms. The Morgan fingerprint density at radius 3 is 2.42 bits per heavy atom. The maximum atomic E-state index is 13.2. The zero-order valence-electron chi connectivity index (χ0n) is 19.7. The van der Waals surface area contributed by atoms with Crippen LogP contribution in [0.3, 0.4) is 0 Å². The number of amides is 1. The molecule has 0 atom stereocenters. The Morgan fingerprint density at radius 2 is 1.79 bits per heavy atom. The summed E-state index contributed by atoms with van der Waals surface area (Å²) in [5, 5.41) is 13.4. The van der Waals surface area contributed by atoms with E-state index in [9.17, 15) is 4.79 Å². The maximum Gasteiger partial charge on any atom is 0.272 e. The number of hydrogen-bond donors (Lipinski definition) is 0. The Morgan fingerprint density at radius 1 is 1.03 bits per heavy atom. The van der Waals surface area contributed by atoms with E-state index in [1.807, 2.05) is 47.4 Å². The first-order chi connectivity index (χ1) is 16.0. The molecule has 0 N–H and O–H groups in total. The molecule has 0 spiro atoms. The van der Waals surface area contributed by atoms with Crippen molar-refractivity contribution in [2.75, 3.05) is 56.2 Å². The number of anilines is 2. The largest absolute Gasteiger partial charge is 0.497 e. The molecule has 4 rings (SSSR count). The second-order valence-corrected chi connectivity index (χ2v) is 7.97. The normalized spacial score (nSPS) is 13.8. The van der Waals surface area contributed by atoms with Gasteiger partial charge in [0.15, 0.2) is 11.6 Å². The van der Waals surface area contributed by atoms with Gasteiger partial charge in [-0.2, -0.15) is 5.10 Å². The van der Waals surface area contributed by atoms with Gasteiger partial charge < -0.3 is 19.4 Å². The second kappa shape index (κ2) is 9.89. The van der Waals surface area contributed by atoms with Gasteiger partial charge in [-0.25, -0.2) is 0 Å². The highest BCUT2D eigenvalue weighted by Crippen LogP contribution is 2.24. The number of methoxy groups -OCH3 is 1. The van der Waals surface area contributed by atoms with Crippen LogP contribution < -0.4 is 14.5 Å². The van der Waals surface area contributed by atoms with Crippen molar-refractivity contribution in [2.24, 2.45) is 7.05 Å². The molecular weight excluding hydrogens is 418 g/mol. The van der Waals surface area contributed by atoms with Gasteiger partial charge in [0, 0.05) is 51.9 Å². The summed E-state index contributed by atoms with van der Waals surface area (Å²) in [5.74, 6) is 2.48. The molecule has 1 saturated heterocycles. The lowest BCUT2D eigenvalue weighted by Crippen LogP contribution is -2.49. The maximum absolute atomic E-state index is 13.2. The number of carbonyl (C=O) groups is 1. The molecule has 3 heterocycles. The average molecular weight is 450 g/mol. The Kier molecular flexibility index (Phi) is 6.76. The molecule has 0 bridgehead atoms.